The number of fused-ring (bicyclic) bond motifs is 1. The molecule has 0 atom stereocenters. The fraction of sp³-hybridized carbons (Fsp3) is 0.500. The second kappa shape index (κ2) is 15.2. The minimum Gasteiger partial charge on any atom is -0.489 e. The van der Waals surface area contributed by atoms with Crippen LogP contribution >= 0.6 is 11.6 Å². The zero-order valence-electron chi connectivity index (χ0n) is 32.9. The molecule has 0 radical (unpaired) electrons. The lowest BCUT2D eigenvalue weighted by atomic mass is 9.49. The quantitative estimate of drug-likeness (QED) is 0.207. The molecule has 15 heteroatoms. The summed E-state index contributed by atoms with van der Waals surface area (Å²) in [5.41, 5.74) is 1.66. The van der Waals surface area contributed by atoms with E-state index in [0.717, 1.165) is 80.8 Å². The molecule has 1 aromatic carbocycles. The number of anilines is 2. The van der Waals surface area contributed by atoms with E-state index in [1.54, 1.807) is 41.7 Å². The summed E-state index contributed by atoms with van der Waals surface area (Å²) >= 11 is 6.25. The average Bonchev–Trinajstić information content (AvgIpc) is 3.64. The molecule has 3 aromatic heterocycles. The van der Waals surface area contributed by atoms with Gasteiger partial charge in [-0.3, -0.25) is 24.8 Å². The Morgan fingerprint density at radius 1 is 0.982 bits per heavy atom. The van der Waals surface area contributed by atoms with Crippen LogP contribution in [-0.4, -0.2) is 93.7 Å². The number of hydrogen-bond acceptors (Lipinski definition) is 10. The number of pyridine rings is 1. The number of nitrogens with zero attached hydrogens (tertiary/aromatic N) is 8. The molecule has 4 aromatic rings. The largest absolute Gasteiger partial charge is 0.489 e. The lowest BCUT2D eigenvalue weighted by Gasteiger charge is -2.63. The van der Waals surface area contributed by atoms with Crippen molar-refractivity contribution >= 4 is 51.9 Å². The van der Waals surface area contributed by atoms with E-state index in [-0.39, 0.29) is 46.9 Å². The topological polar surface area (TPSA) is 162 Å². The van der Waals surface area contributed by atoms with Crippen LogP contribution in [0.4, 0.5) is 16.3 Å². The molecular formula is C42H49ClN10O4. The fourth-order valence-electron chi connectivity index (χ4n) is 9.88. The van der Waals surface area contributed by atoms with Crippen LogP contribution in [0, 0.1) is 28.1 Å². The zero-order valence-corrected chi connectivity index (χ0v) is 33.6. The number of ether oxygens (including phenoxy) is 1. The van der Waals surface area contributed by atoms with Gasteiger partial charge in [-0.25, -0.2) is 14.8 Å². The molecule has 1 aliphatic carbocycles. The molecule has 3 aliphatic heterocycles. The molecule has 4 fully saturated rings. The first-order valence-electron chi connectivity index (χ1n) is 19.9. The van der Waals surface area contributed by atoms with Crippen molar-refractivity contribution in [3.05, 3.63) is 71.5 Å². The van der Waals surface area contributed by atoms with Gasteiger partial charge in [0, 0.05) is 86.3 Å². The van der Waals surface area contributed by atoms with Crippen molar-refractivity contribution in [2.75, 3.05) is 49.1 Å². The summed E-state index contributed by atoms with van der Waals surface area (Å²) < 4.78 is 8.67. The molecule has 298 valence electrons. The van der Waals surface area contributed by atoms with E-state index in [4.69, 9.17) is 16.3 Å². The first-order valence-corrected chi connectivity index (χ1v) is 20.2. The number of carbonyl (C=O) groups excluding carboxylic acids is 3. The minimum atomic E-state index is -0.396. The summed E-state index contributed by atoms with van der Waals surface area (Å²) in [6, 6.07) is 8.98. The number of aromatic nitrogens is 4. The second-order valence-electron chi connectivity index (χ2n) is 17.1. The Morgan fingerprint density at radius 3 is 2.40 bits per heavy atom. The van der Waals surface area contributed by atoms with E-state index in [0.29, 0.717) is 34.8 Å². The molecule has 57 heavy (non-hydrogen) atoms. The first-order chi connectivity index (χ1) is 27.3. The molecule has 0 unspecified atom stereocenters. The zero-order chi connectivity index (χ0) is 40.1. The van der Waals surface area contributed by atoms with Crippen molar-refractivity contribution in [3.8, 4) is 11.8 Å². The molecular weight excluding hydrogens is 744 g/mol. The maximum Gasteiger partial charge on any atom is 0.328 e. The summed E-state index contributed by atoms with van der Waals surface area (Å²) in [4.78, 5) is 57.8. The third-order valence-electron chi connectivity index (χ3n) is 12.7. The highest BCUT2D eigenvalue weighted by Crippen LogP contribution is 2.55. The second-order valence-corrected chi connectivity index (χ2v) is 17.5. The van der Waals surface area contributed by atoms with Gasteiger partial charge in [-0.05, 0) is 49.8 Å². The van der Waals surface area contributed by atoms with Gasteiger partial charge in [0.05, 0.1) is 46.6 Å². The van der Waals surface area contributed by atoms with Gasteiger partial charge in [-0.1, -0.05) is 39.3 Å². The van der Waals surface area contributed by atoms with E-state index >= 15 is 0 Å². The maximum atomic E-state index is 13.4. The Labute approximate surface area is 337 Å². The van der Waals surface area contributed by atoms with Crippen molar-refractivity contribution in [2.24, 2.45) is 16.7 Å². The number of hydrogen-bond donors (Lipinski definition) is 2. The molecule has 2 N–H and O–H groups in total. The summed E-state index contributed by atoms with van der Waals surface area (Å²) in [6.45, 7) is 13.6. The summed E-state index contributed by atoms with van der Waals surface area (Å²) in [5.74, 6) is 1.47. The van der Waals surface area contributed by atoms with Crippen LogP contribution in [0.25, 0.3) is 10.9 Å². The number of piperidine rings is 2. The predicted molar refractivity (Wildman–Crippen MR) is 216 cm³/mol. The molecule has 4 aliphatic rings. The van der Waals surface area contributed by atoms with E-state index in [2.05, 4.69) is 86.0 Å². The van der Waals surface area contributed by atoms with Gasteiger partial charge in [-0.15, -0.1) is 0 Å². The van der Waals surface area contributed by atoms with Crippen molar-refractivity contribution in [1.29, 1.82) is 5.26 Å². The van der Waals surface area contributed by atoms with Crippen LogP contribution in [0.5, 0.6) is 5.75 Å². The number of imide groups is 1. The van der Waals surface area contributed by atoms with Gasteiger partial charge in [0.25, 0.3) is 5.91 Å². The molecule has 14 nitrogen and oxygen atoms in total. The minimum absolute atomic E-state index is 0.174. The van der Waals surface area contributed by atoms with Gasteiger partial charge in [0.2, 0.25) is 5.91 Å². The number of rotatable bonds is 9. The van der Waals surface area contributed by atoms with E-state index in [1.165, 1.54) is 0 Å². The smallest absolute Gasteiger partial charge is 0.328 e. The third-order valence-corrected chi connectivity index (χ3v) is 13.0. The van der Waals surface area contributed by atoms with E-state index < -0.39 is 6.03 Å². The molecule has 1 saturated carbocycles. The van der Waals surface area contributed by atoms with Crippen LogP contribution in [0.1, 0.15) is 81.9 Å². The predicted octanol–water partition coefficient (Wildman–Crippen LogP) is 5.96. The van der Waals surface area contributed by atoms with Crippen LogP contribution in [0.3, 0.4) is 0 Å². The van der Waals surface area contributed by atoms with Gasteiger partial charge in [-0.2, -0.15) is 5.26 Å². The van der Waals surface area contributed by atoms with Gasteiger partial charge >= 0.3 is 6.03 Å². The molecule has 0 spiro atoms. The number of carbonyl (C=O) groups is 3. The van der Waals surface area contributed by atoms with Crippen LogP contribution in [-0.2, 0) is 4.79 Å². The number of benzene rings is 1. The Balaban J connectivity index is 0.800. The SMILES string of the molecule is CC1(C)[C@H](NC(=O)c2cnc(N3CCC(CN4CCC(n5ccc6c(N7CCC(=O)NC7=O)cncc65)CC4)CC3)cn2)C(C)(C)[C@H]1Oc1ccc(C#N)c(Cl)c1. The average molecular weight is 793 g/mol. The van der Waals surface area contributed by atoms with Crippen LogP contribution in [0.15, 0.2) is 55.2 Å². The number of nitriles is 1. The first kappa shape index (κ1) is 38.6. The normalized spacial score (nSPS) is 22.8. The van der Waals surface area contributed by atoms with Crippen molar-refractivity contribution in [2.45, 2.75) is 78.0 Å². The molecule has 8 rings (SSSR count). The Bertz CT molecular complexity index is 2200. The molecule has 4 amide bonds. The summed E-state index contributed by atoms with van der Waals surface area (Å²) in [5, 5.41) is 16.1. The third kappa shape index (κ3) is 7.39. The van der Waals surface area contributed by atoms with Crippen molar-refractivity contribution in [3.63, 3.8) is 0 Å². The van der Waals surface area contributed by atoms with Crippen LogP contribution in [0.2, 0.25) is 5.02 Å². The van der Waals surface area contributed by atoms with Crippen molar-refractivity contribution in [1.82, 2.24) is 35.1 Å². The molecule has 0 bridgehead atoms. The summed E-state index contributed by atoms with van der Waals surface area (Å²) in [6.07, 6.45) is 13.3. The number of amides is 4. The fourth-order valence-corrected chi connectivity index (χ4v) is 10.1. The Kier molecular flexibility index (Phi) is 10.3. The standard InChI is InChI=1S/C42H49ClN10O4/c1-41(2)38(42(3,4)39(41)57-29-6-5-27(20-44)31(43)19-29)49-37(55)32-21-47-35(24-46-32)51-15-7-26(8-16-51)25-50-13-9-28(10-14-50)52-17-11-30-33(52)22-45-23-34(30)53-18-12-36(54)48-40(53)56/h5-6,11,17,19,21-24,26,28,38-39H,7-10,12-16,18,25H2,1-4H3,(H,49,55)(H,48,54,56)/t38-,39-. The van der Waals surface area contributed by atoms with Gasteiger partial charge < -0.3 is 24.4 Å². The van der Waals surface area contributed by atoms with E-state index in [1.807, 2.05) is 6.20 Å². The van der Waals surface area contributed by atoms with E-state index in [9.17, 15) is 19.6 Å². The monoisotopic (exact) mass is 792 g/mol. The lowest BCUT2D eigenvalue weighted by molar-refractivity contribution is -0.164. The number of urea groups is 1. The highest BCUT2D eigenvalue weighted by Gasteiger charge is 2.64. The summed E-state index contributed by atoms with van der Waals surface area (Å²) in [7, 11) is 0. The number of halogens is 1. The van der Waals surface area contributed by atoms with Gasteiger partial charge in [0.15, 0.2) is 0 Å². The van der Waals surface area contributed by atoms with Crippen LogP contribution < -0.4 is 25.2 Å². The number of likely N-dealkylation sites (tertiary alicyclic amines) is 1. The highest BCUT2D eigenvalue weighted by atomic mass is 35.5. The van der Waals surface area contributed by atoms with Gasteiger partial charge in [0.1, 0.15) is 29.4 Å². The number of nitrogens with one attached hydrogen (secondary N) is 2. The van der Waals surface area contributed by atoms with Crippen molar-refractivity contribution < 1.29 is 19.1 Å². The highest BCUT2D eigenvalue weighted by molar-refractivity contribution is 6.31. The molecule has 3 saturated heterocycles. The molecule has 6 heterocycles. The Morgan fingerprint density at radius 2 is 1.74 bits per heavy atom. The maximum absolute atomic E-state index is 13.4. The lowest BCUT2D eigenvalue weighted by Crippen LogP contribution is -2.74. The Hall–Kier alpha value is -5.26.